The van der Waals surface area contributed by atoms with Crippen LogP contribution in [0.5, 0.6) is 5.75 Å². The molecule has 170 valence electrons. The lowest BCUT2D eigenvalue weighted by molar-refractivity contribution is -0.121. The number of benzene rings is 2. The van der Waals surface area contributed by atoms with Gasteiger partial charge < -0.3 is 15.0 Å². The fourth-order valence-corrected chi connectivity index (χ4v) is 4.33. The number of ether oxygens (including phenoxy) is 1. The van der Waals surface area contributed by atoms with Crippen LogP contribution in [0.4, 0.5) is 0 Å². The predicted octanol–water partition coefficient (Wildman–Crippen LogP) is 5.40. The minimum atomic E-state index is -0.0589. The van der Waals surface area contributed by atoms with E-state index >= 15 is 0 Å². The number of hydrogen-bond donors (Lipinski definition) is 2. The fourth-order valence-electron chi connectivity index (χ4n) is 4.33. The van der Waals surface area contributed by atoms with Crippen molar-refractivity contribution in [2.75, 3.05) is 13.2 Å². The Balaban J connectivity index is 1.57. The molecule has 1 amide bonds. The van der Waals surface area contributed by atoms with Crippen molar-refractivity contribution in [3.8, 4) is 5.75 Å². The van der Waals surface area contributed by atoms with E-state index < -0.39 is 0 Å². The van der Waals surface area contributed by atoms with Gasteiger partial charge in [-0.1, -0.05) is 43.3 Å². The van der Waals surface area contributed by atoms with Crippen molar-refractivity contribution < 1.29 is 9.53 Å². The first-order valence-corrected chi connectivity index (χ1v) is 11.7. The summed E-state index contributed by atoms with van der Waals surface area (Å²) in [6.45, 7) is 5.33. The Morgan fingerprint density at radius 3 is 2.64 bits per heavy atom. The highest BCUT2D eigenvalue weighted by molar-refractivity contribution is 5.88. The number of aryl methyl sites for hydroxylation is 1. The molecule has 4 rings (SSSR count). The van der Waals surface area contributed by atoms with Crippen LogP contribution in [-0.2, 0) is 17.6 Å². The summed E-state index contributed by atoms with van der Waals surface area (Å²) in [5, 5.41) is 4.26. The summed E-state index contributed by atoms with van der Waals surface area (Å²) in [6.07, 6.45) is 5.89. The van der Waals surface area contributed by atoms with Gasteiger partial charge in [0.15, 0.2) is 0 Å². The van der Waals surface area contributed by atoms with Crippen LogP contribution in [0.1, 0.15) is 48.6 Å². The lowest BCUT2D eigenvalue weighted by atomic mass is 9.87. The van der Waals surface area contributed by atoms with Crippen molar-refractivity contribution >= 4 is 16.8 Å². The standard InChI is InChI=1S/C28H31N3O2/c1-3-20-8-7-10-24-26(19-31-28(20)24)25(21-11-13-23(14-12-21)33-4-2)18-27(32)30-17-15-22-9-5-6-16-29-22/h5-14,16,19,25,31H,3-4,15,17-18H2,1-2H3,(H,30,32)/t25-/m0/s1. The molecule has 5 heteroatoms. The zero-order valence-corrected chi connectivity index (χ0v) is 19.3. The maximum Gasteiger partial charge on any atom is 0.220 e. The first-order chi connectivity index (χ1) is 16.2. The van der Waals surface area contributed by atoms with Gasteiger partial charge in [0.25, 0.3) is 0 Å². The molecule has 0 bridgehead atoms. The van der Waals surface area contributed by atoms with E-state index in [9.17, 15) is 4.79 Å². The van der Waals surface area contributed by atoms with Gasteiger partial charge in [-0.25, -0.2) is 0 Å². The highest BCUT2D eigenvalue weighted by Crippen LogP contribution is 2.35. The third-order valence-corrected chi connectivity index (χ3v) is 6.00. The number of H-pyrrole nitrogens is 1. The van der Waals surface area contributed by atoms with Crippen LogP contribution in [-0.4, -0.2) is 29.0 Å². The summed E-state index contributed by atoms with van der Waals surface area (Å²) in [6, 6.07) is 20.3. The van der Waals surface area contributed by atoms with E-state index in [1.165, 1.54) is 10.9 Å². The Morgan fingerprint density at radius 2 is 1.91 bits per heavy atom. The number of hydrogen-bond acceptors (Lipinski definition) is 3. The molecule has 1 atom stereocenters. The molecule has 0 spiro atoms. The molecular weight excluding hydrogens is 410 g/mol. The van der Waals surface area contributed by atoms with Crippen LogP contribution in [0.15, 0.2) is 73.1 Å². The van der Waals surface area contributed by atoms with Gasteiger partial charge in [-0.15, -0.1) is 0 Å². The number of para-hydroxylation sites is 1. The van der Waals surface area contributed by atoms with Crippen molar-refractivity contribution in [3.05, 3.63) is 95.4 Å². The van der Waals surface area contributed by atoms with Crippen molar-refractivity contribution in [2.45, 2.75) is 39.0 Å². The SMILES string of the molecule is CCOc1ccc([C@H](CC(=O)NCCc2ccccn2)c2c[nH]c3c(CC)cccc23)cc1. The average molecular weight is 442 g/mol. The van der Waals surface area contributed by atoms with Gasteiger partial charge in [-0.05, 0) is 54.3 Å². The number of pyridine rings is 1. The van der Waals surface area contributed by atoms with Gasteiger partial charge in [0, 0.05) is 54.3 Å². The Morgan fingerprint density at radius 1 is 1.06 bits per heavy atom. The maximum atomic E-state index is 13.0. The second kappa shape index (κ2) is 10.8. The molecule has 0 aliphatic heterocycles. The van der Waals surface area contributed by atoms with Crippen LogP contribution in [0.25, 0.3) is 10.9 Å². The zero-order valence-electron chi connectivity index (χ0n) is 19.3. The van der Waals surface area contributed by atoms with Crippen molar-refractivity contribution in [1.82, 2.24) is 15.3 Å². The number of amides is 1. The van der Waals surface area contributed by atoms with Crippen LogP contribution < -0.4 is 10.1 Å². The van der Waals surface area contributed by atoms with Gasteiger partial charge in [0.05, 0.1) is 6.61 Å². The number of aromatic nitrogens is 2. The van der Waals surface area contributed by atoms with E-state index in [4.69, 9.17) is 4.74 Å². The number of carbonyl (C=O) groups is 1. The summed E-state index contributed by atoms with van der Waals surface area (Å²) < 4.78 is 5.62. The normalized spacial score (nSPS) is 11.9. The van der Waals surface area contributed by atoms with E-state index in [1.807, 2.05) is 37.3 Å². The monoisotopic (exact) mass is 441 g/mol. The van der Waals surface area contributed by atoms with Crippen molar-refractivity contribution in [1.29, 1.82) is 0 Å². The molecule has 2 aromatic heterocycles. The molecule has 2 N–H and O–H groups in total. The molecule has 0 fully saturated rings. The predicted molar refractivity (Wildman–Crippen MR) is 133 cm³/mol. The van der Waals surface area contributed by atoms with Gasteiger partial charge in [0.2, 0.25) is 5.91 Å². The Bertz CT molecular complexity index is 1180. The summed E-state index contributed by atoms with van der Waals surface area (Å²) in [4.78, 5) is 20.8. The molecule has 0 aliphatic rings. The van der Waals surface area contributed by atoms with Crippen LogP contribution >= 0.6 is 0 Å². The number of fused-ring (bicyclic) bond motifs is 1. The third-order valence-electron chi connectivity index (χ3n) is 6.00. The largest absolute Gasteiger partial charge is 0.494 e. The molecule has 0 radical (unpaired) electrons. The highest BCUT2D eigenvalue weighted by Gasteiger charge is 2.22. The maximum absolute atomic E-state index is 13.0. The Hall–Kier alpha value is -3.60. The number of nitrogens with one attached hydrogen (secondary N) is 2. The van der Waals surface area contributed by atoms with E-state index in [0.29, 0.717) is 26.0 Å². The third kappa shape index (κ3) is 5.43. The lowest BCUT2D eigenvalue weighted by Crippen LogP contribution is -2.27. The fraction of sp³-hybridized carbons (Fsp3) is 0.286. The molecule has 2 heterocycles. The topological polar surface area (TPSA) is 67.0 Å². The van der Waals surface area contributed by atoms with E-state index in [2.05, 4.69) is 58.7 Å². The van der Waals surface area contributed by atoms with Crippen molar-refractivity contribution in [2.24, 2.45) is 0 Å². The number of nitrogens with zero attached hydrogens (tertiary/aromatic N) is 1. The second-order valence-electron chi connectivity index (χ2n) is 8.12. The smallest absolute Gasteiger partial charge is 0.220 e. The lowest BCUT2D eigenvalue weighted by Gasteiger charge is -2.18. The Labute approximate surface area is 195 Å². The van der Waals surface area contributed by atoms with Gasteiger partial charge in [0.1, 0.15) is 5.75 Å². The molecule has 33 heavy (non-hydrogen) atoms. The van der Waals surface area contributed by atoms with E-state index in [0.717, 1.165) is 34.5 Å². The molecule has 0 saturated carbocycles. The molecule has 4 aromatic rings. The van der Waals surface area contributed by atoms with Crippen molar-refractivity contribution in [3.63, 3.8) is 0 Å². The minimum absolute atomic E-state index is 0.0332. The quantitative estimate of drug-likeness (QED) is 0.346. The summed E-state index contributed by atoms with van der Waals surface area (Å²) >= 11 is 0. The molecule has 0 unspecified atom stereocenters. The Kier molecular flexibility index (Phi) is 7.40. The zero-order chi connectivity index (χ0) is 23.0. The van der Waals surface area contributed by atoms with Gasteiger partial charge in [-0.3, -0.25) is 9.78 Å². The summed E-state index contributed by atoms with van der Waals surface area (Å²) in [5.41, 5.74) is 5.65. The average Bonchev–Trinajstić information content (AvgIpc) is 3.28. The number of carbonyl (C=O) groups excluding carboxylic acids is 1. The molecule has 2 aromatic carbocycles. The first-order valence-electron chi connectivity index (χ1n) is 11.7. The molecule has 0 aliphatic carbocycles. The first kappa shape index (κ1) is 22.6. The van der Waals surface area contributed by atoms with Crippen LogP contribution in [0.2, 0.25) is 0 Å². The molecule has 5 nitrogen and oxygen atoms in total. The second-order valence-corrected chi connectivity index (χ2v) is 8.12. The van der Waals surface area contributed by atoms with Crippen LogP contribution in [0.3, 0.4) is 0 Å². The minimum Gasteiger partial charge on any atom is -0.494 e. The number of aromatic amines is 1. The van der Waals surface area contributed by atoms with E-state index in [-0.39, 0.29) is 11.8 Å². The summed E-state index contributed by atoms with van der Waals surface area (Å²) in [5.74, 6) is 0.814. The molecular formula is C28H31N3O2. The van der Waals surface area contributed by atoms with Crippen LogP contribution in [0, 0.1) is 0 Å². The summed E-state index contributed by atoms with van der Waals surface area (Å²) in [7, 11) is 0. The van der Waals surface area contributed by atoms with Gasteiger partial charge in [-0.2, -0.15) is 0 Å². The molecule has 0 saturated heterocycles. The van der Waals surface area contributed by atoms with E-state index in [1.54, 1.807) is 6.20 Å². The highest BCUT2D eigenvalue weighted by atomic mass is 16.5. The van der Waals surface area contributed by atoms with Gasteiger partial charge >= 0.3 is 0 Å². The number of rotatable bonds is 10.